The Morgan fingerprint density at radius 2 is 2.06 bits per heavy atom. The van der Waals surface area contributed by atoms with E-state index in [0.29, 0.717) is 5.92 Å². The van der Waals surface area contributed by atoms with Crippen LogP contribution in [0.3, 0.4) is 0 Å². The van der Waals surface area contributed by atoms with Gasteiger partial charge >= 0.3 is 5.97 Å². The lowest BCUT2D eigenvalue weighted by Crippen LogP contribution is -2.33. The summed E-state index contributed by atoms with van der Waals surface area (Å²) in [5.74, 6) is 0.568. The molecule has 0 aromatic heterocycles. The van der Waals surface area contributed by atoms with E-state index in [1.54, 1.807) is 0 Å². The maximum absolute atomic E-state index is 11.9. The Bertz CT molecular complexity index is 228. The van der Waals surface area contributed by atoms with Crippen LogP contribution in [0.1, 0.15) is 52.9 Å². The van der Waals surface area contributed by atoms with Crippen LogP contribution >= 0.6 is 0 Å². The molecule has 3 heteroatoms. The topological polar surface area (TPSA) is 52.3 Å². The van der Waals surface area contributed by atoms with Gasteiger partial charge in [0.05, 0.1) is 12.0 Å². The maximum Gasteiger partial charge on any atom is 0.309 e. The largest absolute Gasteiger partial charge is 0.462 e. The third-order valence-corrected chi connectivity index (χ3v) is 3.17. The number of hydrogen-bond acceptors (Lipinski definition) is 3. The predicted octanol–water partition coefficient (Wildman–Crippen LogP) is 2.48. The molecule has 1 aliphatic rings. The highest BCUT2D eigenvalue weighted by Gasteiger charge is 2.27. The van der Waals surface area contributed by atoms with Crippen molar-refractivity contribution in [2.24, 2.45) is 17.6 Å². The Morgan fingerprint density at radius 1 is 1.38 bits per heavy atom. The van der Waals surface area contributed by atoms with Crippen molar-refractivity contribution in [3.05, 3.63) is 0 Å². The molecule has 1 fully saturated rings. The molecule has 0 amide bonds. The molecule has 94 valence electrons. The summed E-state index contributed by atoms with van der Waals surface area (Å²) in [6, 6.07) is 0.187. The second-order valence-corrected chi connectivity index (χ2v) is 5.50. The molecule has 1 saturated carbocycles. The Balaban J connectivity index is 2.33. The maximum atomic E-state index is 11.9. The number of esters is 1. The van der Waals surface area contributed by atoms with Crippen molar-refractivity contribution in [1.82, 2.24) is 0 Å². The molecule has 3 nitrogen and oxygen atoms in total. The summed E-state index contributed by atoms with van der Waals surface area (Å²) in [5.41, 5.74) is 5.87. The highest BCUT2D eigenvalue weighted by Crippen LogP contribution is 2.25. The highest BCUT2D eigenvalue weighted by molar-refractivity contribution is 5.72. The molecule has 1 aliphatic carbocycles. The second kappa shape index (κ2) is 6.24. The van der Waals surface area contributed by atoms with Crippen LogP contribution in [0.25, 0.3) is 0 Å². The molecule has 0 radical (unpaired) electrons. The first-order valence-electron chi connectivity index (χ1n) is 6.45. The Kier molecular flexibility index (Phi) is 5.26. The Morgan fingerprint density at radius 3 is 2.62 bits per heavy atom. The van der Waals surface area contributed by atoms with E-state index in [0.717, 1.165) is 32.1 Å². The lowest BCUT2D eigenvalue weighted by molar-refractivity contribution is -0.155. The number of hydrogen-bond donors (Lipinski definition) is 1. The first kappa shape index (κ1) is 13.5. The average Bonchev–Trinajstić information content (AvgIpc) is 2.16. The van der Waals surface area contributed by atoms with E-state index in [-0.39, 0.29) is 24.0 Å². The first-order valence-corrected chi connectivity index (χ1v) is 6.45. The molecule has 3 unspecified atom stereocenters. The number of carbonyl (C=O) groups excluding carboxylic acids is 1. The van der Waals surface area contributed by atoms with Gasteiger partial charge in [-0.25, -0.2) is 0 Å². The van der Waals surface area contributed by atoms with Crippen LogP contribution in [-0.4, -0.2) is 18.1 Å². The van der Waals surface area contributed by atoms with Crippen LogP contribution < -0.4 is 5.73 Å². The third-order valence-electron chi connectivity index (χ3n) is 3.17. The van der Waals surface area contributed by atoms with Gasteiger partial charge in [-0.3, -0.25) is 4.79 Å². The summed E-state index contributed by atoms with van der Waals surface area (Å²) in [6.45, 7) is 6.25. The van der Waals surface area contributed by atoms with Crippen LogP contribution in [-0.2, 0) is 9.53 Å². The number of carbonyl (C=O) groups is 1. The first-order chi connectivity index (χ1) is 7.49. The van der Waals surface area contributed by atoms with Crippen LogP contribution in [0.2, 0.25) is 0 Å². The van der Waals surface area contributed by atoms with Gasteiger partial charge in [0.15, 0.2) is 0 Å². The molecule has 16 heavy (non-hydrogen) atoms. The second-order valence-electron chi connectivity index (χ2n) is 5.50. The quantitative estimate of drug-likeness (QED) is 0.751. The fraction of sp³-hybridized carbons (Fsp3) is 0.923. The summed E-state index contributed by atoms with van der Waals surface area (Å²) >= 11 is 0. The third kappa shape index (κ3) is 4.52. The van der Waals surface area contributed by atoms with Gasteiger partial charge in [-0.1, -0.05) is 20.3 Å². The van der Waals surface area contributed by atoms with Crippen molar-refractivity contribution in [1.29, 1.82) is 0 Å². The molecule has 0 aliphatic heterocycles. The van der Waals surface area contributed by atoms with Gasteiger partial charge in [-0.2, -0.15) is 0 Å². The molecule has 0 aromatic rings. The zero-order chi connectivity index (χ0) is 12.1. The lowest BCUT2D eigenvalue weighted by Gasteiger charge is -2.26. The van der Waals surface area contributed by atoms with Crippen LogP contribution in [0, 0.1) is 11.8 Å². The molecule has 1 rings (SSSR count). The van der Waals surface area contributed by atoms with Gasteiger partial charge in [0.1, 0.15) is 0 Å². The van der Waals surface area contributed by atoms with Crippen molar-refractivity contribution < 1.29 is 9.53 Å². The normalized spacial score (nSPS) is 27.8. The molecular formula is C13H25NO2. The molecule has 0 aromatic carbocycles. The fourth-order valence-corrected chi connectivity index (χ4v) is 2.45. The van der Waals surface area contributed by atoms with Gasteiger partial charge in [0.25, 0.3) is 0 Å². The van der Waals surface area contributed by atoms with E-state index in [4.69, 9.17) is 10.5 Å². The predicted molar refractivity (Wildman–Crippen MR) is 64.9 cm³/mol. The Hall–Kier alpha value is -0.570. The van der Waals surface area contributed by atoms with E-state index in [1.165, 1.54) is 0 Å². The SMILES string of the molecule is CC(C)CC(C)OC(=O)C1CCCC(N)C1. The van der Waals surface area contributed by atoms with Gasteiger partial charge in [-0.15, -0.1) is 0 Å². The van der Waals surface area contributed by atoms with Crippen molar-refractivity contribution in [2.45, 2.75) is 65.0 Å². The van der Waals surface area contributed by atoms with Crippen LogP contribution in [0.4, 0.5) is 0 Å². The number of ether oxygens (including phenoxy) is 1. The summed E-state index contributed by atoms with van der Waals surface area (Å²) < 4.78 is 5.45. The fourth-order valence-electron chi connectivity index (χ4n) is 2.45. The van der Waals surface area contributed by atoms with Crippen LogP contribution in [0.15, 0.2) is 0 Å². The van der Waals surface area contributed by atoms with E-state index in [9.17, 15) is 4.79 Å². The zero-order valence-electron chi connectivity index (χ0n) is 10.7. The van der Waals surface area contributed by atoms with Crippen LogP contribution in [0.5, 0.6) is 0 Å². The summed E-state index contributed by atoms with van der Waals surface area (Å²) in [7, 11) is 0. The lowest BCUT2D eigenvalue weighted by atomic mass is 9.86. The molecule has 0 heterocycles. The molecule has 0 spiro atoms. The van der Waals surface area contributed by atoms with E-state index in [2.05, 4.69) is 13.8 Å². The van der Waals surface area contributed by atoms with Gasteiger partial charge < -0.3 is 10.5 Å². The number of nitrogens with two attached hydrogens (primary N) is 1. The van der Waals surface area contributed by atoms with E-state index >= 15 is 0 Å². The minimum absolute atomic E-state index is 0.0330. The molecule has 3 atom stereocenters. The van der Waals surface area contributed by atoms with E-state index < -0.39 is 0 Å². The minimum Gasteiger partial charge on any atom is -0.462 e. The van der Waals surface area contributed by atoms with Gasteiger partial charge in [0, 0.05) is 6.04 Å². The van der Waals surface area contributed by atoms with Gasteiger partial charge in [-0.05, 0) is 38.5 Å². The zero-order valence-corrected chi connectivity index (χ0v) is 10.7. The number of rotatable bonds is 4. The summed E-state index contributed by atoms with van der Waals surface area (Å²) in [6.07, 6.45) is 4.81. The summed E-state index contributed by atoms with van der Waals surface area (Å²) in [4.78, 5) is 11.9. The minimum atomic E-state index is -0.0386. The smallest absolute Gasteiger partial charge is 0.309 e. The Labute approximate surface area is 98.7 Å². The molecule has 0 saturated heterocycles. The molecular weight excluding hydrogens is 202 g/mol. The average molecular weight is 227 g/mol. The highest BCUT2D eigenvalue weighted by atomic mass is 16.5. The van der Waals surface area contributed by atoms with Crippen molar-refractivity contribution in [3.63, 3.8) is 0 Å². The van der Waals surface area contributed by atoms with E-state index in [1.807, 2.05) is 6.92 Å². The molecule has 2 N–H and O–H groups in total. The van der Waals surface area contributed by atoms with Crippen molar-refractivity contribution in [2.75, 3.05) is 0 Å². The van der Waals surface area contributed by atoms with Gasteiger partial charge in [0.2, 0.25) is 0 Å². The van der Waals surface area contributed by atoms with Crippen molar-refractivity contribution >= 4 is 5.97 Å². The monoisotopic (exact) mass is 227 g/mol. The summed E-state index contributed by atoms with van der Waals surface area (Å²) in [5, 5.41) is 0. The standard InChI is InChI=1S/C13H25NO2/c1-9(2)7-10(3)16-13(15)11-5-4-6-12(14)8-11/h9-12H,4-8,14H2,1-3H3. The van der Waals surface area contributed by atoms with Crippen molar-refractivity contribution in [3.8, 4) is 0 Å². The molecule has 0 bridgehead atoms.